The number of hydrogen-bond acceptors (Lipinski definition) is 2. The molecule has 0 aromatic heterocycles. The van der Waals surface area contributed by atoms with Crippen LogP contribution in [0.15, 0.2) is 60.4 Å². The predicted octanol–water partition coefficient (Wildman–Crippen LogP) is 6.34. The summed E-state index contributed by atoms with van der Waals surface area (Å²) in [5, 5.41) is 0. The van der Waals surface area contributed by atoms with Gasteiger partial charge >= 0.3 is 0 Å². The Morgan fingerprint density at radius 3 is 2.75 bits per heavy atom. The molecule has 0 aliphatic heterocycles. The number of likely N-dealkylation sites (N-methyl/N-ethyl adjacent to an activating group) is 1. The highest BCUT2D eigenvalue weighted by Gasteiger charge is 2.47. The van der Waals surface area contributed by atoms with Gasteiger partial charge in [0.05, 0.1) is 0 Å². The lowest BCUT2D eigenvalue weighted by atomic mass is 9.74. The third kappa shape index (κ3) is 5.16. The van der Waals surface area contributed by atoms with E-state index in [1.807, 2.05) is 6.08 Å². The molecule has 0 radical (unpaired) electrons. The summed E-state index contributed by atoms with van der Waals surface area (Å²) < 4.78 is 0. The van der Waals surface area contributed by atoms with Crippen LogP contribution in [0.5, 0.6) is 0 Å². The number of rotatable bonds is 10. The Labute approximate surface area is 172 Å². The van der Waals surface area contributed by atoms with E-state index in [0.29, 0.717) is 23.3 Å². The van der Waals surface area contributed by atoms with Crippen molar-refractivity contribution in [2.45, 2.75) is 52.9 Å². The fourth-order valence-corrected chi connectivity index (χ4v) is 5.27. The highest BCUT2D eigenvalue weighted by Crippen LogP contribution is 2.55. The van der Waals surface area contributed by atoms with E-state index in [2.05, 4.69) is 64.1 Å². The molecule has 1 fully saturated rings. The number of unbranched alkanes of at least 4 members (excludes halogenated alkanes) is 1. The second kappa shape index (κ2) is 10.6. The molecule has 0 saturated heterocycles. The molecule has 0 heterocycles. The van der Waals surface area contributed by atoms with Gasteiger partial charge in [0.25, 0.3) is 0 Å². The molecular formula is C26H39NO. The van der Waals surface area contributed by atoms with E-state index >= 15 is 0 Å². The van der Waals surface area contributed by atoms with E-state index in [1.54, 1.807) is 11.6 Å². The molecule has 2 rings (SSSR count). The quantitative estimate of drug-likeness (QED) is 0.190. The van der Waals surface area contributed by atoms with Gasteiger partial charge in [-0.2, -0.15) is 0 Å². The van der Waals surface area contributed by atoms with Crippen LogP contribution in [0.25, 0.3) is 0 Å². The Hall–Kier alpha value is -1.83. The van der Waals surface area contributed by atoms with Crippen LogP contribution in [0.4, 0.5) is 0 Å². The van der Waals surface area contributed by atoms with Crippen LogP contribution >= 0.6 is 0 Å². The topological polar surface area (TPSA) is 20.3 Å². The molecule has 0 N–H and O–H groups in total. The molecule has 2 nitrogen and oxygen atoms in total. The van der Waals surface area contributed by atoms with E-state index in [9.17, 15) is 4.79 Å². The van der Waals surface area contributed by atoms with Crippen molar-refractivity contribution in [3.63, 3.8) is 0 Å². The normalized spacial score (nSPS) is 30.6. The van der Waals surface area contributed by atoms with Crippen molar-refractivity contribution in [1.82, 2.24) is 4.90 Å². The molecule has 2 aliphatic carbocycles. The summed E-state index contributed by atoms with van der Waals surface area (Å²) in [6.07, 6.45) is 18.0. The van der Waals surface area contributed by atoms with Crippen LogP contribution in [-0.2, 0) is 4.79 Å². The highest BCUT2D eigenvalue weighted by atomic mass is 16.1. The number of allylic oxidation sites excluding steroid dienone is 7. The zero-order valence-corrected chi connectivity index (χ0v) is 18.4. The average molecular weight is 382 g/mol. The Balaban J connectivity index is 2.14. The van der Waals surface area contributed by atoms with Crippen LogP contribution in [0, 0.1) is 29.6 Å². The fourth-order valence-electron chi connectivity index (χ4n) is 5.27. The zero-order chi connectivity index (χ0) is 20.7. The first-order valence-electron chi connectivity index (χ1n) is 11.0. The van der Waals surface area contributed by atoms with Gasteiger partial charge in [-0.25, -0.2) is 0 Å². The van der Waals surface area contributed by atoms with Gasteiger partial charge in [-0.1, -0.05) is 75.8 Å². The third-order valence-corrected chi connectivity index (χ3v) is 6.80. The van der Waals surface area contributed by atoms with Gasteiger partial charge in [0, 0.05) is 24.9 Å². The maximum atomic E-state index is 10.7. The van der Waals surface area contributed by atoms with Crippen LogP contribution in [0.3, 0.4) is 0 Å². The van der Waals surface area contributed by atoms with E-state index < -0.39 is 0 Å². The van der Waals surface area contributed by atoms with Crippen molar-refractivity contribution in [1.29, 1.82) is 0 Å². The van der Waals surface area contributed by atoms with E-state index in [-0.39, 0.29) is 0 Å². The Morgan fingerprint density at radius 1 is 1.36 bits per heavy atom. The molecule has 2 heteroatoms. The fraction of sp³-hybridized carbons (Fsp3) is 0.577. The van der Waals surface area contributed by atoms with Crippen molar-refractivity contribution in [3.05, 3.63) is 60.4 Å². The molecular weight excluding hydrogens is 342 g/mol. The van der Waals surface area contributed by atoms with Crippen LogP contribution in [0.2, 0.25) is 0 Å². The minimum absolute atomic E-state index is 0.510. The highest BCUT2D eigenvalue weighted by molar-refractivity contribution is 5.76. The van der Waals surface area contributed by atoms with Crippen molar-refractivity contribution in [2.75, 3.05) is 13.6 Å². The first-order chi connectivity index (χ1) is 13.4. The summed E-state index contributed by atoms with van der Waals surface area (Å²) in [6, 6.07) is 0. The lowest BCUT2D eigenvalue weighted by Crippen LogP contribution is -2.23. The summed E-state index contributed by atoms with van der Waals surface area (Å²) in [5.41, 5.74) is 3.36. The van der Waals surface area contributed by atoms with Crippen LogP contribution in [0.1, 0.15) is 52.9 Å². The molecule has 0 bridgehead atoms. The lowest BCUT2D eigenvalue weighted by molar-refractivity contribution is -0.104. The Bertz CT molecular complexity index is 653. The minimum atomic E-state index is 0.510. The maximum Gasteiger partial charge on any atom is 0.149 e. The largest absolute Gasteiger partial charge is 0.375 e. The van der Waals surface area contributed by atoms with Gasteiger partial charge in [-0.15, -0.1) is 0 Å². The Morgan fingerprint density at radius 2 is 2.11 bits per heavy atom. The predicted molar refractivity (Wildman–Crippen MR) is 121 cm³/mol. The lowest BCUT2D eigenvalue weighted by Gasteiger charge is -2.30. The van der Waals surface area contributed by atoms with E-state index in [0.717, 1.165) is 31.1 Å². The molecule has 5 atom stereocenters. The molecule has 0 aromatic rings. The first kappa shape index (κ1) is 22.5. The number of carbonyl (C=O) groups excluding carboxylic acids is 1. The van der Waals surface area contributed by atoms with Crippen molar-refractivity contribution < 1.29 is 4.79 Å². The number of fused-ring (bicyclic) bond motifs is 1. The van der Waals surface area contributed by atoms with Crippen LogP contribution in [-0.4, -0.2) is 24.8 Å². The maximum absolute atomic E-state index is 10.7. The summed E-state index contributed by atoms with van der Waals surface area (Å²) in [4.78, 5) is 12.9. The first-order valence-corrected chi connectivity index (χ1v) is 11.0. The van der Waals surface area contributed by atoms with E-state index in [1.165, 1.54) is 31.4 Å². The number of hydrogen-bond donors (Lipinski definition) is 0. The molecule has 28 heavy (non-hydrogen) atoms. The molecule has 1 saturated carbocycles. The summed E-state index contributed by atoms with van der Waals surface area (Å²) in [7, 11) is 2.09. The van der Waals surface area contributed by atoms with Crippen molar-refractivity contribution in [3.8, 4) is 0 Å². The van der Waals surface area contributed by atoms with Crippen molar-refractivity contribution in [2.24, 2.45) is 29.6 Å². The van der Waals surface area contributed by atoms with Gasteiger partial charge in [-0.05, 0) is 55.8 Å². The minimum Gasteiger partial charge on any atom is -0.375 e. The van der Waals surface area contributed by atoms with Gasteiger partial charge in [-0.3, -0.25) is 4.79 Å². The van der Waals surface area contributed by atoms with Gasteiger partial charge in [0.1, 0.15) is 6.29 Å². The third-order valence-electron chi connectivity index (χ3n) is 6.80. The zero-order valence-electron chi connectivity index (χ0n) is 18.4. The molecule has 2 aliphatic rings. The summed E-state index contributed by atoms with van der Waals surface area (Å²) in [6.45, 7) is 15.8. The number of nitrogens with zero attached hydrogens (tertiary/aromatic N) is 1. The van der Waals surface area contributed by atoms with Crippen LogP contribution < -0.4 is 0 Å². The van der Waals surface area contributed by atoms with Gasteiger partial charge in [0.15, 0.2) is 0 Å². The molecule has 154 valence electrons. The standard InChI is InChI=1S/C26H39NO/c1-7-9-14-23-24-15-10-13-20(4)26(24)22(8-2)25(23)17-21(5)27(6)16-11-12-19(3)18-28/h8,10-12,15,18,20,23-26H,3,5,7,9,13-14,16-17H2,1-2,4,6H3/b12-11-,22-8+/t20-,23?,24?,25?,26?/m0/s1. The van der Waals surface area contributed by atoms with E-state index in [4.69, 9.17) is 0 Å². The average Bonchev–Trinajstić information content (AvgIpc) is 2.99. The van der Waals surface area contributed by atoms with Crippen molar-refractivity contribution >= 4 is 6.29 Å². The Kier molecular flexibility index (Phi) is 8.54. The number of carbonyl (C=O) groups is 1. The van der Waals surface area contributed by atoms with Gasteiger partial charge < -0.3 is 4.90 Å². The summed E-state index contributed by atoms with van der Waals surface area (Å²) >= 11 is 0. The SMILES string of the molecule is C=C(C=O)/C=C\CN(C)C(=C)CC1/C(=C\C)C2C(C=CC[C@@H]2C)C1CCCC. The molecule has 4 unspecified atom stereocenters. The summed E-state index contributed by atoms with van der Waals surface area (Å²) in [5.74, 6) is 3.46. The molecule has 0 spiro atoms. The second-order valence-electron chi connectivity index (χ2n) is 8.69. The molecule has 0 amide bonds. The molecule has 0 aromatic carbocycles. The monoisotopic (exact) mass is 381 g/mol. The van der Waals surface area contributed by atoms with Gasteiger partial charge in [0.2, 0.25) is 0 Å². The number of aldehydes is 1. The smallest absolute Gasteiger partial charge is 0.149 e. The second-order valence-corrected chi connectivity index (χ2v) is 8.69.